The lowest BCUT2D eigenvalue weighted by atomic mass is 10.0. The van der Waals surface area contributed by atoms with E-state index in [-0.39, 0.29) is 18.4 Å². The number of fused-ring (bicyclic) bond motifs is 5. The van der Waals surface area contributed by atoms with E-state index in [4.69, 9.17) is 4.74 Å². The first-order valence-corrected chi connectivity index (χ1v) is 9.40. The molecule has 140 valence electrons. The second-order valence-electron chi connectivity index (χ2n) is 6.92. The van der Waals surface area contributed by atoms with Gasteiger partial charge in [0.25, 0.3) is 5.91 Å². The summed E-state index contributed by atoms with van der Waals surface area (Å²) in [5.41, 5.74) is 3.27. The third-order valence-electron chi connectivity index (χ3n) is 5.32. The van der Waals surface area contributed by atoms with Crippen LogP contribution in [0, 0.1) is 0 Å². The smallest absolute Gasteiger partial charge is 0.325 e. The number of unbranched alkanes of at least 4 members (excludes halogenated alkanes) is 1. The van der Waals surface area contributed by atoms with E-state index in [1.54, 1.807) is 6.20 Å². The van der Waals surface area contributed by atoms with E-state index >= 15 is 0 Å². The van der Waals surface area contributed by atoms with Crippen molar-refractivity contribution in [2.75, 3.05) is 20.2 Å². The van der Waals surface area contributed by atoms with Crippen LogP contribution < -0.4 is 0 Å². The third kappa shape index (κ3) is 2.85. The highest BCUT2D eigenvalue weighted by molar-refractivity contribution is 6.11. The molecule has 1 aliphatic heterocycles. The number of amides is 1. The summed E-state index contributed by atoms with van der Waals surface area (Å²) in [6, 6.07) is 7.95. The molecule has 0 fully saturated rings. The number of rotatable bonds is 5. The predicted molar refractivity (Wildman–Crippen MR) is 104 cm³/mol. The Morgan fingerprint density at radius 3 is 2.93 bits per heavy atom. The van der Waals surface area contributed by atoms with Gasteiger partial charge in [0.1, 0.15) is 12.2 Å². The minimum absolute atomic E-state index is 0.00534. The Labute approximate surface area is 157 Å². The zero-order valence-corrected chi connectivity index (χ0v) is 15.7. The van der Waals surface area contributed by atoms with Gasteiger partial charge in [-0.05, 0) is 24.5 Å². The average Bonchev–Trinajstić information content (AvgIpc) is 3.02. The van der Waals surface area contributed by atoms with E-state index in [9.17, 15) is 9.59 Å². The van der Waals surface area contributed by atoms with Crippen LogP contribution in [0.15, 0.2) is 30.5 Å². The number of pyridine rings is 1. The zero-order valence-electron chi connectivity index (χ0n) is 15.7. The molecular formula is C21H23N3O3. The summed E-state index contributed by atoms with van der Waals surface area (Å²) in [5, 5.41) is 1.99. The summed E-state index contributed by atoms with van der Waals surface area (Å²) in [5.74, 6) is -0.380. The lowest BCUT2D eigenvalue weighted by Gasteiger charge is -2.28. The molecule has 0 saturated carbocycles. The molecule has 6 heteroatoms. The molecule has 0 radical (unpaired) electrons. The monoisotopic (exact) mass is 365 g/mol. The average molecular weight is 365 g/mol. The van der Waals surface area contributed by atoms with E-state index in [0.29, 0.717) is 12.2 Å². The molecule has 1 aliphatic rings. The van der Waals surface area contributed by atoms with Crippen LogP contribution >= 0.6 is 0 Å². The summed E-state index contributed by atoms with van der Waals surface area (Å²) in [6.07, 6.45) is 4.54. The molecule has 6 nitrogen and oxygen atoms in total. The summed E-state index contributed by atoms with van der Waals surface area (Å²) in [6.45, 7) is 3.58. The molecule has 3 heterocycles. The first-order chi connectivity index (χ1) is 13.2. The molecule has 0 N–H and O–H groups in total. The van der Waals surface area contributed by atoms with Crippen molar-refractivity contribution in [3.05, 3.63) is 41.7 Å². The van der Waals surface area contributed by atoms with Crippen LogP contribution in [0.2, 0.25) is 0 Å². The molecule has 2 aromatic heterocycles. The molecule has 1 amide bonds. The molecule has 0 atom stereocenters. The van der Waals surface area contributed by atoms with Crippen LogP contribution in [0.4, 0.5) is 0 Å². The van der Waals surface area contributed by atoms with Crippen molar-refractivity contribution in [3.63, 3.8) is 0 Å². The molecule has 1 aromatic carbocycles. The molecule has 0 bridgehead atoms. The summed E-state index contributed by atoms with van der Waals surface area (Å²) < 4.78 is 6.71. The van der Waals surface area contributed by atoms with Crippen LogP contribution in [0.3, 0.4) is 0 Å². The number of carbonyl (C=O) groups is 2. The van der Waals surface area contributed by atoms with Gasteiger partial charge in [-0.3, -0.25) is 14.6 Å². The third-order valence-corrected chi connectivity index (χ3v) is 5.32. The van der Waals surface area contributed by atoms with Gasteiger partial charge in [0.15, 0.2) is 0 Å². The maximum atomic E-state index is 13.3. The van der Waals surface area contributed by atoms with Gasteiger partial charge in [-0.15, -0.1) is 0 Å². The van der Waals surface area contributed by atoms with E-state index in [2.05, 4.69) is 11.9 Å². The van der Waals surface area contributed by atoms with Gasteiger partial charge in [-0.2, -0.15) is 0 Å². The minimum atomic E-state index is -0.374. The molecule has 3 aromatic rings. The number of esters is 1. The van der Waals surface area contributed by atoms with Gasteiger partial charge in [0.2, 0.25) is 0 Å². The van der Waals surface area contributed by atoms with Crippen molar-refractivity contribution in [2.45, 2.75) is 32.7 Å². The fourth-order valence-corrected chi connectivity index (χ4v) is 3.96. The normalized spacial score (nSPS) is 14.0. The molecule has 0 unspecified atom stereocenters. The van der Waals surface area contributed by atoms with E-state index in [0.717, 1.165) is 53.2 Å². The number of benzene rings is 1. The minimum Gasteiger partial charge on any atom is -0.468 e. The molecule has 0 aliphatic carbocycles. The van der Waals surface area contributed by atoms with Gasteiger partial charge in [-0.1, -0.05) is 31.5 Å². The van der Waals surface area contributed by atoms with Crippen molar-refractivity contribution in [1.82, 2.24) is 14.5 Å². The molecular weight excluding hydrogens is 342 g/mol. The van der Waals surface area contributed by atoms with E-state index < -0.39 is 0 Å². The van der Waals surface area contributed by atoms with E-state index in [1.165, 1.54) is 7.11 Å². The predicted octanol–water partition coefficient (Wildman–Crippen LogP) is 3.16. The van der Waals surface area contributed by atoms with Crippen molar-refractivity contribution >= 4 is 33.7 Å². The number of carbonyl (C=O) groups excluding carboxylic acids is 2. The van der Waals surface area contributed by atoms with Crippen LogP contribution in [-0.4, -0.2) is 46.5 Å². The molecule has 27 heavy (non-hydrogen) atoms. The largest absolute Gasteiger partial charge is 0.468 e. The number of hydrogen-bond acceptors (Lipinski definition) is 4. The Bertz CT molecular complexity index is 1040. The Hall–Kier alpha value is -2.89. The number of hydrogen-bond donors (Lipinski definition) is 0. The SMILES string of the molecule is CCCCN1CCc2c(n(CC(=O)OC)c3c2ccc2cccnc23)C1=O. The Morgan fingerprint density at radius 1 is 1.30 bits per heavy atom. The Balaban J connectivity index is 1.97. The Morgan fingerprint density at radius 2 is 2.15 bits per heavy atom. The lowest BCUT2D eigenvalue weighted by Crippen LogP contribution is -2.39. The first-order valence-electron chi connectivity index (χ1n) is 9.40. The summed E-state index contributed by atoms with van der Waals surface area (Å²) in [4.78, 5) is 31.8. The highest BCUT2D eigenvalue weighted by Gasteiger charge is 2.32. The second kappa shape index (κ2) is 7.02. The highest BCUT2D eigenvalue weighted by atomic mass is 16.5. The molecule has 4 rings (SSSR count). The second-order valence-corrected chi connectivity index (χ2v) is 6.92. The number of ether oxygens (including phenoxy) is 1. The number of methoxy groups -OCH3 is 1. The van der Waals surface area contributed by atoms with Gasteiger partial charge >= 0.3 is 5.97 Å². The maximum Gasteiger partial charge on any atom is 0.325 e. The summed E-state index contributed by atoms with van der Waals surface area (Å²) in [7, 11) is 1.37. The maximum absolute atomic E-state index is 13.3. The van der Waals surface area contributed by atoms with Gasteiger partial charge in [-0.25, -0.2) is 0 Å². The van der Waals surface area contributed by atoms with Crippen LogP contribution in [0.1, 0.15) is 35.8 Å². The van der Waals surface area contributed by atoms with Crippen molar-refractivity contribution in [3.8, 4) is 0 Å². The van der Waals surface area contributed by atoms with Gasteiger partial charge < -0.3 is 14.2 Å². The standard InChI is InChI=1S/C21H23N3O3/c1-3-4-11-23-12-9-16-15-8-7-14-6-5-10-22-18(14)19(15)24(13-17(25)27-2)20(16)21(23)26/h5-8,10H,3-4,9,11-13H2,1-2H3. The molecule has 0 spiro atoms. The molecule has 0 saturated heterocycles. The van der Waals surface area contributed by atoms with Gasteiger partial charge in [0, 0.05) is 30.1 Å². The fourth-order valence-electron chi connectivity index (χ4n) is 3.96. The Kier molecular flexibility index (Phi) is 4.56. The number of nitrogens with zero attached hydrogens (tertiary/aromatic N) is 3. The summed E-state index contributed by atoms with van der Waals surface area (Å²) >= 11 is 0. The quantitative estimate of drug-likeness (QED) is 0.652. The fraction of sp³-hybridized carbons (Fsp3) is 0.381. The van der Waals surface area contributed by atoms with Crippen molar-refractivity contribution in [1.29, 1.82) is 0 Å². The topological polar surface area (TPSA) is 64.4 Å². The number of aromatic nitrogens is 2. The lowest BCUT2D eigenvalue weighted by molar-refractivity contribution is -0.141. The zero-order chi connectivity index (χ0) is 19.0. The van der Waals surface area contributed by atoms with Gasteiger partial charge in [0.05, 0.1) is 18.1 Å². The first kappa shape index (κ1) is 17.5. The van der Waals surface area contributed by atoms with E-state index in [1.807, 2.05) is 33.7 Å². The van der Waals surface area contributed by atoms with Crippen LogP contribution in [-0.2, 0) is 22.5 Å². The van der Waals surface area contributed by atoms with Crippen LogP contribution in [0.5, 0.6) is 0 Å². The van der Waals surface area contributed by atoms with Crippen molar-refractivity contribution in [2.24, 2.45) is 0 Å². The highest BCUT2D eigenvalue weighted by Crippen LogP contribution is 2.34. The van der Waals surface area contributed by atoms with Crippen molar-refractivity contribution < 1.29 is 14.3 Å². The van der Waals surface area contributed by atoms with Crippen LogP contribution in [0.25, 0.3) is 21.8 Å².